The van der Waals surface area contributed by atoms with Gasteiger partial charge in [0.15, 0.2) is 16.6 Å². The van der Waals surface area contributed by atoms with Gasteiger partial charge in [-0.2, -0.15) is 0 Å². The lowest BCUT2D eigenvalue weighted by atomic mass is 10.1. The van der Waals surface area contributed by atoms with E-state index in [1.807, 2.05) is 24.3 Å². The molecule has 2 aromatic carbocycles. The Hall–Kier alpha value is -3.65. The highest BCUT2D eigenvalue weighted by Gasteiger charge is 2.16. The number of ether oxygens (including phenoxy) is 2. The van der Waals surface area contributed by atoms with E-state index in [4.69, 9.17) is 13.9 Å². The summed E-state index contributed by atoms with van der Waals surface area (Å²) in [6, 6.07) is 14.5. The van der Waals surface area contributed by atoms with Gasteiger partial charge >= 0.3 is 0 Å². The number of thiazole rings is 1. The van der Waals surface area contributed by atoms with E-state index in [2.05, 4.69) is 15.3 Å². The van der Waals surface area contributed by atoms with Gasteiger partial charge in [0.2, 0.25) is 12.3 Å². The van der Waals surface area contributed by atoms with Crippen molar-refractivity contribution in [3.63, 3.8) is 0 Å². The van der Waals surface area contributed by atoms with E-state index in [0.717, 1.165) is 5.39 Å². The molecular weight excluding hydrogens is 378 g/mol. The van der Waals surface area contributed by atoms with Crippen LogP contribution in [0, 0.1) is 0 Å². The number of hydrogen-bond donors (Lipinski definition) is 1. The van der Waals surface area contributed by atoms with Crippen molar-refractivity contribution in [2.24, 2.45) is 4.99 Å². The Labute approximate surface area is 162 Å². The maximum Gasteiger partial charge on any atom is 0.262 e. The lowest BCUT2D eigenvalue weighted by Gasteiger charge is -2.05. The molecule has 0 saturated carbocycles. The maximum atomic E-state index is 12.8. The number of benzene rings is 2. The van der Waals surface area contributed by atoms with Gasteiger partial charge in [-0.15, -0.1) is 11.3 Å². The van der Waals surface area contributed by atoms with Crippen molar-refractivity contribution in [1.29, 1.82) is 0 Å². The molecule has 0 radical (unpaired) electrons. The molecule has 0 unspecified atom stereocenters. The van der Waals surface area contributed by atoms with E-state index in [1.165, 1.54) is 11.3 Å². The number of anilines is 1. The molecule has 5 rings (SSSR count). The molecule has 138 valence electrons. The van der Waals surface area contributed by atoms with Gasteiger partial charge in [0.1, 0.15) is 11.1 Å². The molecule has 0 saturated heterocycles. The molecule has 8 heteroatoms. The summed E-state index contributed by atoms with van der Waals surface area (Å²) in [4.78, 5) is 21.5. The number of carbonyl (C=O) groups excluding carboxylic acids is 1. The average Bonchev–Trinajstić information content (AvgIpc) is 3.38. The second kappa shape index (κ2) is 6.82. The lowest BCUT2D eigenvalue weighted by molar-refractivity contribution is 0.102. The van der Waals surface area contributed by atoms with Crippen LogP contribution in [-0.4, -0.2) is 17.7 Å². The summed E-state index contributed by atoms with van der Waals surface area (Å²) >= 11 is 1.34. The van der Waals surface area contributed by atoms with E-state index >= 15 is 0 Å². The number of nitrogens with one attached hydrogen (secondary N) is 1. The molecule has 1 amide bonds. The van der Waals surface area contributed by atoms with Crippen molar-refractivity contribution >= 4 is 39.0 Å². The molecule has 7 nitrogen and oxygen atoms in total. The molecule has 4 aromatic rings. The van der Waals surface area contributed by atoms with Gasteiger partial charge in [-0.1, -0.05) is 18.2 Å². The number of carbonyl (C=O) groups is 1. The Balaban J connectivity index is 1.64. The molecule has 0 spiro atoms. The van der Waals surface area contributed by atoms with Crippen molar-refractivity contribution in [2.75, 3.05) is 12.1 Å². The highest BCUT2D eigenvalue weighted by Crippen LogP contribution is 2.35. The molecule has 3 heterocycles. The van der Waals surface area contributed by atoms with Crippen molar-refractivity contribution < 1.29 is 18.7 Å². The summed E-state index contributed by atoms with van der Waals surface area (Å²) in [6.45, 7) is 0.181. The van der Waals surface area contributed by atoms with Gasteiger partial charge in [-0.3, -0.25) is 10.1 Å². The number of nitrogens with zero attached hydrogens (tertiary/aromatic N) is 2. The zero-order valence-electron chi connectivity index (χ0n) is 14.4. The number of hydrogen-bond acceptors (Lipinski definition) is 7. The van der Waals surface area contributed by atoms with Crippen molar-refractivity contribution in [2.45, 2.75) is 0 Å². The highest BCUT2D eigenvalue weighted by atomic mass is 32.1. The second-order valence-electron chi connectivity index (χ2n) is 5.94. The summed E-state index contributed by atoms with van der Waals surface area (Å²) in [6.07, 6.45) is 1.63. The highest BCUT2D eigenvalue weighted by molar-refractivity contribution is 7.13. The summed E-state index contributed by atoms with van der Waals surface area (Å²) in [5.74, 6) is 0.927. The standard InChI is InChI=1S/C20H13N3O4S/c24-18(23-20-21-7-8-28-20)14-9-12-3-1-2-4-15(12)27-19(14)22-13-5-6-16-17(10-13)26-11-25-16/h1-10H,11H2,(H,21,23,24). The molecule has 0 atom stereocenters. The van der Waals surface area contributed by atoms with Crippen LogP contribution in [0.1, 0.15) is 10.4 Å². The number of para-hydroxylation sites is 1. The van der Waals surface area contributed by atoms with E-state index in [1.54, 1.807) is 35.8 Å². The van der Waals surface area contributed by atoms with Crippen LogP contribution in [0.15, 0.2) is 69.5 Å². The lowest BCUT2D eigenvalue weighted by Crippen LogP contribution is -2.21. The van der Waals surface area contributed by atoms with Crippen molar-refractivity contribution in [1.82, 2.24) is 4.98 Å². The molecular formula is C20H13N3O4S. The van der Waals surface area contributed by atoms with Gasteiger partial charge < -0.3 is 13.9 Å². The molecule has 1 aliphatic heterocycles. The Bertz CT molecular complexity index is 1250. The molecule has 0 aliphatic carbocycles. The third-order valence-corrected chi connectivity index (χ3v) is 4.83. The molecule has 1 aliphatic rings. The largest absolute Gasteiger partial charge is 0.454 e. The number of aromatic nitrogens is 1. The van der Waals surface area contributed by atoms with Crippen LogP contribution >= 0.6 is 11.3 Å². The first-order chi connectivity index (χ1) is 13.8. The second-order valence-corrected chi connectivity index (χ2v) is 6.84. The van der Waals surface area contributed by atoms with Gasteiger partial charge in [-0.25, -0.2) is 9.98 Å². The van der Waals surface area contributed by atoms with Gasteiger partial charge in [-0.05, 0) is 24.3 Å². The molecule has 2 aromatic heterocycles. The minimum atomic E-state index is -0.344. The Kier molecular flexibility index (Phi) is 4.02. The van der Waals surface area contributed by atoms with Gasteiger partial charge in [0.25, 0.3) is 5.91 Å². The summed E-state index contributed by atoms with van der Waals surface area (Å²) in [7, 11) is 0. The normalized spacial score (nSPS) is 13.1. The number of fused-ring (bicyclic) bond motifs is 2. The Morgan fingerprint density at radius 1 is 1.11 bits per heavy atom. The van der Waals surface area contributed by atoms with Crippen LogP contribution in [0.25, 0.3) is 11.0 Å². The topological polar surface area (TPSA) is 86.0 Å². The smallest absolute Gasteiger partial charge is 0.262 e. The first-order valence-electron chi connectivity index (χ1n) is 8.44. The van der Waals surface area contributed by atoms with Crippen molar-refractivity contribution in [3.05, 3.63) is 71.2 Å². The Morgan fingerprint density at radius 3 is 2.89 bits per heavy atom. The molecule has 0 fully saturated rings. The number of rotatable bonds is 3. The van der Waals surface area contributed by atoms with Crippen molar-refractivity contribution in [3.8, 4) is 11.5 Å². The first kappa shape index (κ1) is 16.5. The Morgan fingerprint density at radius 2 is 2.00 bits per heavy atom. The fourth-order valence-electron chi connectivity index (χ4n) is 2.84. The third kappa shape index (κ3) is 3.10. The van der Waals surface area contributed by atoms with Gasteiger partial charge in [0.05, 0.1) is 5.69 Å². The van der Waals surface area contributed by atoms with Crippen LogP contribution in [-0.2, 0) is 0 Å². The van der Waals surface area contributed by atoms with Gasteiger partial charge in [0, 0.05) is 23.0 Å². The van der Waals surface area contributed by atoms with Crippen LogP contribution in [0.5, 0.6) is 11.5 Å². The van der Waals surface area contributed by atoms with E-state index in [9.17, 15) is 4.79 Å². The predicted octanol–water partition coefficient (Wildman–Crippen LogP) is 4.10. The molecule has 0 bridgehead atoms. The minimum Gasteiger partial charge on any atom is -0.454 e. The van der Waals surface area contributed by atoms with E-state index in [-0.39, 0.29) is 18.3 Å². The fourth-order valence-corrected chi connectivity index (χ4v) is 3.36. The summed E-state index contributed by atoms with van der Waals surface area (Å²) < 4.78 is 16.7. The van der Waals surface area contributed by atoms with Crippen LogP contribution in [0.4, 0.5) is 10.8 Å². The minimum absolute atomic E-state index is 0.181. The zero-order valence-corrected chi connectivity index (χ0v) is 15.2. The van der Waals surface area contributed by atoms with E-state index in [0.29, 0.717) is 33.5 Å². The quantitative estimate of drug-likeness (QED) is 0.568. The predicted molar refractivity (Wildman–Crippen MR) is 104 cm³/mol. The summed E-state index contributed by atoms with van der Waals surface area (Å²) in [5, 5.41) is 5.87. The average molecular weight is 391 g/mol. The fraction of sp³-hybridized carbons (Fsp3) is 0.0500. The zero-order chi connectivity index (χ0) is 18.9. The molecule has 1 N–H and O–H groups in total. The van der Waals surface area contributed by atoms with Crippen LogP contribution in [0.3, 0.4) is 0 Å². The summed E-state index contributed by atoms with van der Waals surface area (Å²) in [5.41, 5.74) is 1.73. The van der Waals surface area contributed by atoms with Crippen LogP contribution < -0.4 is 20.3 Å². The SMILES string of the molecule is O=C(Nc1nccs1)c1cc2ccccc2oc1=Nc1ccc2c(c1)OCO2. The monoisotopic (exact) mass is 391 g/mol. The number of amides is 1. The third-order valence-electron chi connectivity index (χ3n) is 4.14. The van der Waals surface area contributed by atoms with Crippen LogP contribution in [0.2, 0.25) is 0 Å². The molecule has 28 heavy (non-hydrogen) atoms. The van der Waals surface area contributed by atoms with E-state index < -0.39 is 0 Å². The maximum absolute atomic E-state index is 12.8. The first-order valence-corrected chi connectivity index (χ1v) is 9.32.